The molecule has 1 saturated carbocycles. The number of rotatable bonds is 3. The molecule has 3 fully saturated rings. The molecule has 0 aromatic rings. The number of hydrogen-bond donors (Lipinski definition) is 2. The summed E-state index contributed by atoms with van der Waals surface area (Å²) >= 11 is 0. The van der Waals surface area contributed by atoms with Crippen LogP contribution >= 0.6 is 0 Å². The molecule has 0 radical (unpaired) electrons. The molecule has 2 bridgehead atoms. The van der Waals surface area contributed by atoms with Crippen LogP contribution in [0.1, 0.15) is 51.9 Å². The molecule has 2 aliphatic heterocycles. The van der Waals surface area contributed by atoms with Crippen LogP contribution in [0.4, 0.5) is 0 Å². The average Bonchev–Trinajstić information content (AvgIpc) is 2.76. The van der Waals surface area contributed by atoms with Crippen LogP contribution in [0.3, 0.4) is 0 Å². The Kier molecular flexibility index (Phi) is 4.61. The van der Waals surface area contributed by atoms with Gasteiger partial charge in [0, 0.05) is 31.2 Å². The highest BCUT2D eigenvalue weighted by Crippen LogP contribution is 2.24. The Morgan fingerprint density at radius 2 is 1.95 bits per heavy atom. The summed E-state index contributed by atoms with van der Waals surface area (Å²) in [6.45, 7) is 4.99. The SMILES string of the molecule is CC1CCCCC1NC(=O)CN1CCC2CCC(C1)N2. The van der Waals surface area contributed by atoms with E-state index in [4.69, 9.17) is 0 Å². The van der Waals surface area contributed by atoms with Gasteiger partial charge in [-0.3, -0.25) is 9.69 Å². The van der Waals surface area contributed by atoms with Gasteiger partial charge in [0.25, 0.3) is 0 Å². The summed E-state index contributed by atoms with van der Waals surface area (Å²) in [5.74, 6) is 0.885. The molecule has 4 atom stereocenters. The maximum Gasteiger partial charge on any atom is 0.234 e. The quantitative estimate of drug-likeness (QED) is 0.823. The third-order valence-corrected chi connectivity index (χ3v) is 5.43. The van der Waals surface area contributed by atoms with Crippen molar-refractivity contribution < 1.29 is 4.79 Å². The highest BCUT2D eigenvalue weighted by molar-refractivity contribution is 5.78. The Bertz CT molecular complexity index is 347. The molecule has 114 valence electrons. The Hall–Kier alpha value is -0.610. The zero-order valence-electron chi connectivity index (χ0n) is 12.7. The molecule has 3 rings (SSSR count). The molecular formula is C16H29N3O. The van der Waals surface area contributed by atoms with Gasteiger partial charge in [-0.1, -0.05) is 19.8 Å². The lowest BCUT2D eigenvalue weighted by molar-refractivity contribution is -0.123. The van der Waals surface area contributed by atoms with Gasteiger partial charge in [0.15, 0.2) is 0 Å². The van der Waals surface area contributed by atoms with Gasteiger partial charge in [-0.25, -0.2) is 0 Å². The summed E-state index contributed by atoms with van der Waals surface area (Å²) in [5, 5.41) is 6.95. The first-order valence-corrected chi connectivity index (χ1v) is 8.48. The number of likely N-dealkylation sites (tertiary alicyclic amines) is 1. The fraction of sp³-hybridized carbons (Fsp3) is 0.938. The van der Waals surface area contributed by atoms with E-state index in [2.05, 4.69) is 22.5 Å². The Morgan fingerprint density at radius 1 is 1.15 bits per heavy atom. The van der Waals surface area contributed by atoms with Crippen molar-refractivity contribution in [1.29, 1.82) is 0 Å². The summed E-state index contributed by atoms with van der Waals surface area (Å²) in [5.41, 5.74) is 0. The normalized spacial score (nSPS) is 38.5. The summed E-state index contributed by atoms with van der Waals surface area (Å²) in [7, 11) is 0. The van der Waals surface area contributed by atoms with Crippen molar-refractivity contribution in [2.75, 3.05) is 19.6 Å². The monoisotopic (exact) mass is 279 g/mol. The molecule has 0 aromatic heterocycles. The second-order valence-corrected chi connectivity index (χ2v) is 7.10. The molecule has 4 heteroatoms. The van der Waals surface area contributed by atoms with Crippen LogP contribution in [0.5, 0.6) is 0 Å². The fourth-order valence-corrected chi connectivity index (χ4v) is 4.15. The predicted molar refractivity (Wildman–Crippen MR) is 80.6 cm³/mol. The highest BCUT2D eigenvalue weighted by Gasteiger charge is 2.30. The number of carbonyl (C=O) groups excluding carboxylic acids is 1. The van der Waals surface area contributed by atoms with Gasteiger partial charge < -0.3 is 10.6 Å². The second-order valence-electron chi connectivity index (χ2n) is 7.10. The van der Waals surface area contributed by atoms with Crippen LogP contribution in [0, 0.1) is 5.92 Å². The molecule has 0 aromatic carbocycles. The first-order valence-electron chi connectivity index (χ1n) is 8.48. The van der Waals surface area contributed by atoms with Crippen molar-refractivity contribution in [1.82, 2.24) is 15.5 Å². The third-order valence-electron chi connectivity index (χ3n) is 5.43. The standard InChI is InChI=1S/C16H29N3O/c1-12-4-2-3-5-15(12)18-16(20)11-19-9-8-13-6-7-14(10-19)17-13/h12-15,17H,2-11H2,1H3,(H,18,20). The van der Waals surface area contributed by atoms with Gasteiger partial charge in [0.1, 0.15) is 0 Å². The smallest absolute Gasteiger partial charge is 0.234 e. The maximum atomic E-state index is 12.3. The number of nitrogens with one attached hydrogen (secondary N) is 2. The number of amides is 1. The summed E-state index contributed by atoms with van der Waals surface area (Å²) in [6.07, 6.45) is 8.83. The predicted octanol–water partition coefficient (Wildman–Crippen LogP) is 1.51. The zero-order valence-corrected chi connectivity index (χ0v) is 12.7. The topological polar surface area (TPSA) is 44.4 Å². The number of hydrogen-bond acceptors (Lipinski definition) is 3. The summed E-state index contributed by atoms with van der Waals surface area (Å²) in [6, 6.07) is 1.73. The van der Waals surface area contributed by atoms with E-state index in [1.807, 2.05) is 0 Å². The zero-order chi connectivity index (χ0) is 13.9. The van der Waals surface area contributed by atoms with E-state index in [0.29, 0.717) is 30.6 Å². The number of nitrogens with zero attached hydrogens (tertiary/aromatic N) is 1. The minimum absolute atomic E-state index is 0.238. The summed E-state index contributed by atoms with van der Waals surface area (Å²) < 4.78 is 0. The van der Waals surface area contributed by atoms with Crippen LogP contribution in [-0.4, -0.2) is 48.6 Å². The molecule has 4 unspecified atom stereocenters. The minimum Gasteiger partial charge on any atom is -0.352 e. The van der Waals surface area contributed by atoms with Gasteiger partial charge in [-0.2, -0.15) is 0 Å². The first kappa shape index (κ1) is 14.3. The van der Waals surface area contributed by atoms with Crippen LogP contribution in [-0.2, 0) is 4.79 Å². The van der Waals surface area contributed by atoms with Crippen LogP contribution in [0.2, 0.25) is 0 Å². The van der Waals surface area contributed by atoms with E-state index in [1.54, 1.807) is 0 Å². The number of fused-ring (bicyclic) bond motifs is 2. The Labute approximate surface area is 122 Å². The Morgan fingerprint density at radius 3 is 2.80 bits per heavy atom. The molecule has 3 aliphatic rings. The van der Waals surface area contributed by atoms with E-state index in [1.165, 1.54) is 44.9 Å². The van der Waals surface area contributed by atoms with Crippen molar-refractivity contribution in [2.24, 2.45) is 5.92 Å². The molecule has 20 heavy (non-hydrogen) atoms. The van der Waals surface area contributed by atoms with Gasteiger partial charge in [0.2, 0.25) is 5.91 Å². The van der Waals surface area contributed by atoms with Crippen LogP contribution in [0.15, 0.2) is 0 Å². The van der Waals surface area contributed by atoms with Gasteiger partial charge in [-0.15, -0.1) is 0 Å². The van der Waals surface area contributed by atoms with E-state index in [-0.39, 0.29) is 5.91 Å². The van der Waals surface area contributed by atoms with E-state index in [0.717, 1.165) is 13.1 Å². The molecule has 2 heterocycles. The minimum atomic E-state index is 0.238. The molecule has 1 aliphatic carbocycles. The van der Waals surface area contributed by atoms with E-state index < -0.39 is 0 Å². The van der Waals surface area contributed by atoms with E-state index in [9.17, 15) is 4.79 Å². The van der Waals surface area contributed by atoms with Crippen molar-refractivity contribution in [3.05, 3.63) is 0 Å². The molecular weight excluding hydrogens is 250 g/mol. The molecule has 4 nitrogen and oxygen atoms in total. The van der Waals surface area contributed by atoms with Gasteiger partial charge in [0.05, 0.1) is 6.54 Å². The van der Waals surface area contributed by atoms with Crippen molar-refractivity contribution in [2.45, 2.75) is 70.0 Å². The first-order chi connectivity index (χ1) is 9.70. The lowest BCUT2D eigenvalue weighted by Crippen LogP contribution is -2.47. The van der Waals surface area contributed by atoms with Gasteiger partial charge >= 0.3 is 0 Å². The van der Waals surface area contributed by atoms with Crippen molar-refractivity contribution in [3.63, 3.8) is 0 Å². The van der Waals surface area contributed by atoms with Gasteiger partial charge in [-0.05, 0) is 38.0 Å². The summed E-state index contributed by atoms with van der Waals surface area (Å²) in [4.78, 5) is 14.6. The molecule has 1 amide bonds. The molecule has 0 spiro atoms. The van der Waals surface area contributed by atoms with Crippen LogP contribution in [0.25, 0.3) is 0 Å². The second kappa shape index (κ2) is 6.44. The lowest BCUT2D eigenvalue weighted by Gasteiger charge is -2.31. The Balaban J connectivity index is 1.46. The lowest BCUT2D eigenvalue weighted by atomic mass is 9.86. The number of carbonyl (C=O) groups is 1. The molecule has 2 N–H and O–H groups in total. The van der Waals surface area contributed by atoms with E-state index >= 15 is 0 Å². The highest BCUT2D eigenvalue weighted by atomic mass is 16.2. The maximum absolute atomic E-state index is 12.3. The van der Waals surface area contributed by atoms with Crippen molar-refractivity contribution >= 4 is 5.91 Å². The third kappa shape index (κ3) is 3.53. The van der Waals surface area contributed by atoms with Crippen molar-refractivity contribution in [3.8, 4) is 0 Å². The molecule has 2 saturated heterocycles. The van der Waals surface area contributed by atoms with Crippen LogP contribution < -0.4 is 10.6 Å². The fourth-order valence-electron chi connectivity index (χ4n) is 4.15. The average molecular weight is 279 g/mol. The largest absolute Gasteiger partial charge is 0.352 e.